The Hall–Kier alpha value is -2.89. The summed E-state index contributed by atoms with van der Waals surface area (Å²) in [5.41, 5.74) is -0.146. The first-order valence-electron chi connectivity index (χ1n) is 7.97. The Labute approximate surface area is 146 Å². The highest BCUT2D eigenvalue weighted by molar-refractivity contribution is 5.90. The molecule has 2 amide bonds. The van der Waals surface area contributed by atoms with Gasteiger partial charge in [-0.05, 0) is 22.4 Å². The van der Waals surface area contributed by atoms with E-state index in [-0.39, 0.29) is 12.5 Å². The lowest BCUT2D eigenvalue weighted by atomic mass is 9.96. The normalized spacial score (nSPS) is 12.4. The van der Waals surface area contributed by atoms with Gasteiger partial charge in [-0.1, -0.05) is 57.2 Å². The van der Waals surface area contributed by atoms with E-state index in [1.54, 1.807) is 32.9 Å². The van der Waals surface area contributed by atoms with Crippen molar-refractivity contribution >= 4 is 28.6 Å². The van der Waals surface area contributed by atoms with Gasteiger partial charge in [-0.3, -0.25) is 9.59 Å². The van der Waals surface area contributed by atoms with E-state index in [0.29, 0.717) is 5.56 Å². The molecule has 2 aromatic carbocycles. The minimum Gasteiger partial charge on any atom is -0.479 e. The van der Waals surface area contributed by atoms with Gasteiger partial charge in [0.05, 0.1) is 6.54 Å². The molecule has 132 valence electrons. The lowest BCUT2D eigenvalue weighted by Gasteiger charge is -2.19. The summed E-state index contributed by atoms with van der Waals surface area (Å²) >= 11 is 0. The van der Waals surface area contributed by atoms with Crippen molar-refractivity contribution in [1.82, 2.24) is 10.6 Å². The van der Waals surface area contributed by atoms with Crippen LogP contribution in [-0.2, 0) is 14.4 Å². The average Bonchev–Trinajstić information content (AvgIpc) is 2.56. The van der Waals surface area contributed by atoms with Crippen LogP contribution >= 0.6 is 0 Å². The second-order valence-corrected chi connectivity index (χ2v) is 6.88. The summed E-state index contributed by atoms with van der Waals surface area (Å²) < 4.78 is 0. The number of benzene rings is 2. The van der Waals surface area contributed by atoms with Gasteiger partial charge >= 0.3 is 5.97 Å². The fraction of sp³-hybridized carbons (Fsp3) is 0.316. The van der Waals surface area contributed by atoms with Gasteiger partial charge in [0.1, 0.15) is 0 Å². The predicted molar refractivity (Wildman–Crippen MR) is 94.9 cm³/mol. The quantitative estimate of drug-likeness (QED) is 0.776. The van der Waals surface area contributed by atoms with Crippen molar-refractivity contribution in [3.8, 4) is 0 Å². The monoisotopic (exact) mass is 342 g/mol. The third-order valence-corrected chi connectivity index (χ3v) is 3.75. The molecule has 0 fully saturated rings. The minimum absolute atomic E-state index is 0.270. The number of carboxylic acids is 1. The van der Waals surface area contributed by atoms with Crippen molar-refractivity contribution in [1.29, 1.82) is 0 Å². The molecule has 6 nitrogen and oxygen atoms in total. The van der Waals surface area contributed by atoms with E-state index in [9.17, 15) is 19.5 Å². The number of amides is 2. The van der Waals surface area contributed by atoms with Crippen molar-refractivity contribution in [3.63, 3.8) is 0 Å². The number of fused-ring (bicyclic) bond motifs is 1. The maximum Gasteiger partial charge on any atom is 0.330 e. The van der Waals surface area contributed by atoms with Crippen molar-refractivity contribution < 1.29 is 19.5 Å². The minimum atomic E-state index is -1.18. The summed E-state index contributed by atoms with van der Waals surface area (Å²) in [5.74, 6) is -2.00. The van der Waals surface area contributed by atoms with Crippen LogP contribution in [0.25, 0.3) is 10.8 Å². The molecule has 2 aromatic rings. The number of aliphatic carboxylic acids is 1. The van der Waals surface area contributed by atoms with Crippen LogP contribution < -0.4 is 10.6 Å². The zero-order chi connectivity index (χ0) is 18.6. The van der Waals surface area contributed by atoms with Crippen LogP contribution in [0.15, 0.2) is 42.5 Å². The number of nitrogens with one attached hydrogen (secondary N) is 2. The van der Waals surface area contributed by atoms with Crippen LogP contribution in [0.1, 0.15) is 32.4 Å². The van der Waals surface area contributed by atoms with Gasteiger partial charge in [-0.25, -0.2) is 4.79 Å². The second-order valence-electron chi connectivity index (χ2n) is 6.88. The smallest absolute Gasteiger partial charge is 0.330 e. The first-order valence-corrected chi connectivity index (χ1v) is 7.97. The molecule has 0 aliphatic rings. The molecular formula is C19H22N2O4. The van der Waals surface area contributed by atoms with Crippen LogP contribution in [-0.4, -0.2) is 29.4 Å². The fourth-order valence-electron chi connectivity index (χ4n) is 2.31. The molecule has 3 N–H and O–H groups in total. The molecule has 2 rings (SSSR count). The predicted octanol–water partition coefficient (Wildman–Crippen LogP) is 2.24. The summed E-state index contributed by atoms with van der Waals surface area (Å²) in [5, 5.41) is 16.3. The van der Waals surface area contributed by atoms with Gasteiger partial charge in [0.25, 0.3) is 0 Å². The highest BCUT2D eigenvalue weighted by atomic mass is 16.4. The molecule has 0 saturated carbocycles. The molecular weight excluding hydrogens is 320 g/mol. The van der Waals surface area contributed by atoms with Gasteiger partial charge in [-0.15, -0.1) is 0 Å². The van der Waals surface area contributed by atoms with E-state index in [4.69, 9.17) is 0 Å². The zero-order valence-corrected chi connectivity index (χ0v) is 14.5. The first-order chi connectivity index (χ1) is 11.7. The standard InChI is InChI=1S/C19H22N2O4/c1-19(2,3)18(25)20-11-15(22)21-16(17(23)24)14-9-8-12-6-4-5-7-13(12)10-14/h4-10,16H,11H2,1-3H3,(H,20,25)(H,21,22)(H,23,24). The molecule has 0 spiro atoms. The summed E-state index contributed by atoms with van der Waals surface area (Å²) in [6.45, 7) is 4.92. The van der Waals surface area contributed by atoms with Gasteiger partial charge in [-0.2, -0.15) is 0 Å². The average molecular weight is 342 g/mol. The van der Waals surface area contributed by atoms with Crippen molar-refractivity contribution in [2.45, 2.75) is 26.8 Å². The van der Waals surface area contributed by atoms with Crippen LogP contribution in [0.5, 0.6) is 0 Å². The Morgan fingerprint density at radius 1 is 1.04 bits per heavy atom. The highest BCUT2D eigenvalue weighted by Crippen LogP contribution is 2.21. The second kappa shape index (κ2) is 7.34. The van der Waals surface area contributed by atoms with Crippen molar-refractivity contribution in [2.24, 2.45) is 5.41 Å². The molecule has 6 heteroatoms. The number of carbonyl (C=O) groups excluding carboxylic acids is 2. The Kier molecular flexibility index (Phi) is 5.41. The maximum atomic E-state index is 12.0. The SMILES string of the molecule is CC(C)(C)C(=O)NCC(=O)NC(C(=O)O)c1ccc2ccccc2c1. The third-order valence-electron chi connectivity index (χ3n) is 3.75. The van der Waals surface area contributed by atoms with Crippen LogP contribution in [0.3, 0.4) is 0 Å². The zero-order valence-electron chi connectivity index (χ0n) is 14.5. The molecule has 1 atom stereocenters. The fourth-order valence-corrected chi connectivity index (χ4v) is 2.31. The van der Waals surface area contributed by atoms with Crippen molar-refractivity contribution in [3.05, 3.63) is 48.0 Å². The van der Waals surface area contributed by atoms with Crippen LogP contribution in [0.4, 0.5) is 0 Å². The Bertz CT molecular complexity index is 808. The third kappa shape index (κ3) is 4.79. The largest absolute Gasteiger partial charge is 0.479 e. The molecule has 0 aliphatic heterocycles. The Morgan fingerprint density at radius 2 is 1.68 bits per heavy atom. The number of carboxylic acid groups (broad SMARTS) is 1. The molecule has 0 bridgehead atoms. The molecule has 25 heavy (non-hydrogen) atoms. The first kappa shape index (κ1) is 18.4. The maximum absolute atomic E-state index is 12.0. The van der Waals surface area contributed by atoms with E-state index >= 15 is 0 Å². The molecule has 0 aliphatic carbocycles. The highest BCUT2D eigenvalue weighted by Gasteiger charge is 2.24. The molecule has 1 unspecified atom stereocenters. The summed E-state index contributed by atoms with van der Waals surface area (Å²) in [6.07, 6.45) is 0. The van der Waals surface area contributed by atoms with E-state index in [1.807, 2.05) is 30.3 Å². The summed E-state index contributed by atoms with van der Waals surface area (Å²) in [6, 6.07) is 11.6. The van der Waals surface area contributed by atoms with Crippen LogP contribution in [0, 0.1) is 5.41 Å². The number of rotatable bonds is 5. The summed E-state index contributed by atoms with van der Waals surface area (Å²) in [7, 11) is 0. The van der Waals surface area contributed by atoms with E-state index in [1.165, 1.54) is 0 Å². The van der Waals surface area contributed by atoms with Gasteiger partial charge in [0.15, 0.2) is 6.04 Å². The van der Waals surface area contributed by atoms with Crippen LogP contribution in [0.2, 0.25) is 0 Å². The lowest BCUT2D eigenvalue weighted by Crippen LogP contribution is -2.43. The lowest BCUT2D eigenvalue weighted by molar-refractivity contribution is -0.142. The van der Waals surface area contributed by atoms with Crippen molar-refractivity contribution in [2.75, 3.05) is 6.54 Å². The molecule has 0 saturated heterocycles. The van der Waals surface area contributed by atoms with Gasteiger partial charge in [0, 0.05) is 5.41 Å². The van der Waals surface area contributed by atoms with E-state index in [0.717, 1.165) is 10.8 Å². The molecule has 0 radical (unpaired) electrons. The van der Waals surface area contributed by atoms with E-state index < -0.39 is 23.3 Å². The summed E-state index contributed by atoms with van der Waals surface area (Å²) in [4.78, 5) is 35.4. The number of hydrogen-bond acceptors (Lipinski definition) is 3. The van der Waals surface area contributed by atoms with E-state index in [2.05, 4.69) is 10.6 Å². The van der Waals surface area contributed by atoms with Gasteiger partial charge < -0.3 is 15.7 Å². The Balaban J connectivity index is 2.11. The topological polar surface area (TPSA) is 95.5 Å². The Morgan fingerprint density at radius 3 is 2.28 bits per heavy atom. The number of hydrogen-bond donors (Lipinski definition) is 3. The van der Waals surface area contributed by atoms with Gasteiger partial charge in [0.2, 0.25) is 11.8 Å². The molecule has 0 aromatic heterocycles. The number of carbonyl (C=O) groups is 3. The molecule has 0 heterocycles.